The summed E-state index contributed by atoms with van der Waals surface area (Å²) in [6, 6.07) is 12.3. The molecule has 0 bridgehead atoms. The molecule has 146 valence electrons. The van der Waals surface area contributed by atoms with Crippen LogP contribution in [0.4, 0.5) is 4.79 Å². The minimum atomic E-state index is -0.391. The SMILES string of the molecule is COc1cc(C=C2SC(=O)N(CCOc3ccccc3)C2=O)cc(OC)c1O. The summed E-state index contributed by atoms with van der Waals surface area (Å²) in [4.78, 5) is 26.2. The molecule has 8 heteroatoms. The fraction of sp³-hybridized carbons (Fsp3) is 0.200. The first-order chi connectivity index (χ1) is 13.5. The Labute approximate surface area is 166 Å². The quantitative estimate of drug-likeness (QED) is 0.711. The summed E-state index contributed by atoms with van der Waals surface area (Å²) < 4.78 is 15.8. The molecule has 7 nitrogen and oxygen atoms in total. The van der Waals surface area contributed by atoms with Gasteiger partial charge < -0.3 is 19.3 Å². The number of phenols is 1. The fourth-order valence-corrected chi connectivity index (χ4v) is 3.48. The molecule has 0 aliphatic carbocycles. The van der Waals surface area contributed by atoms with Crippen LogP contribution in [-0.4, -0.2) is 48.5 Å². The maximum absolute atomic E-state index is 12.6. The number of aromatic hydroxyl groups is 1. The van der Waals surface area contributed by atoms with Gasteiger partial charge in [-0.15, -0.1) is 0 Å². The fourth-order valence-electron chi connectivity index (χ4n) is 2.61. The van der Waals surface area contributed by atoms with Crippen LogP contribution < -0.4 is 14.2 Å². The smallest absolute Gasteiger partial charge is 0.293 e. The van der Waals surface area contributed by atoms with Gasteiger partial charge in [0.2, 0.25) is 5.75 Å². The zero-order chi connectivity index (χ0) is 20.1. The van der Waals surface area contributed by atoms with Gasteiger partial charge in [0.05, 0.1) is 25.7 Å². The largest absolute Gasteiger partial charge is 0.502 e. The van der Waals surface area contributed by atoms with Gasteiger partial charge in [-0.05, 0) is 47.7 Å². The van der Waals surface area contributed by atoms with Crippen molar-refractivity contribution in [2.24, 2.45) is 0 Å². The van der Waals surface area contributed by atoms with Crippen molar-refractivity contribution in [1.82, 2.24) is 4.90 Å². The number of carbonyl (C=O) groups excluding carboxylic acids is 2. The van der Waals surface area contributed by atoms with Gasteiger partial charge in [-0.2, -0.15) is 0 Å². The van der Waals surface area contributed by atoms with Gasteiger partial charge >= 0.3 is 0 Å². The summed E-state index contributed by atoms with van der Waals surface area (Å²) >= 11 is 0.853. The van der Waals surface area contributed by atoms with Crippen molar-refractivity contribution in [1.29, 1.82) is 0 Å². The Bertz CT molecular complexity index is 887. The maximum atomic E-state index is 12.6. The minimum Gasteiger partial charge on any atom is -0.502 e. The number of phenolic OH excluding ortho intramolecular Hbond substituents is 1. The molecule has 1 aliphatic rings. The van der Waals surface area contributed by atoms with E-state index in [-0.39, 0.29) is 40.5 Å². The normalized spacial score (nSPS) is 15.2. The molecule has 1 aliphatic heterocycles. The summed E-state index contributed by atoms with van der Waals surface area (Å²) in [5, 5.41) is 9.63. The lowest BCUT2D eigenvalue weighted by Gasteiger charge is -2.13. The average Bonchev–Trinajstić information content (AvgIpc) is 2.97. The summed E-state index contributed by atoms with van der Waals surface area (Å²) in [5.41, 5.74) is 0.567. The Morgan fingerprint density at radius 1 is 1.07 bits per heavy atom. The second-order valence-electron chi connectivity index (χ2n) is 5.77. The molecule has 3 rings (SSSR count). The zero-order valence-electron chi connectivity index (χ0n) is 15.4. The highest BCUT2D eigenvalue weighted by Gasteiger charge is 2.34. The van der Waals surface area contributed by atoms with E-state index in [0.717, 1.165) is 16.7 Å². The van der Waals surface area contributed by atoms with Crippen LogP contribution >= 0.6 is 11.8 Å². The van der Waals surface area contributed by atoms with E-state index < -0.39 is 5.91 Å². The molecular formula is C20H19NO6S. The molecule has 0 radical (unpaired) electrons. The van der Waals surface area contributed by atoms with E-state index in [0.29, 0.717) is 11.3 Å². The Balaban J connectivity index is 1.72. The average molecular weight is 401 g/mol. The Morgan fingerprint density at radius 2 is 1.71 bits per heavy atom. The molecule has 0 unspecified atom stereocenters. The van der Waals surface area contributed by atoms with Crippen molar-refractivity contribution in [3.8, 4) is 23.0 Å². The van der Waals surface area contributed by atoms with Crippen molar-refractivity contribution in [3.63, 3.8) is 0 Å². The predicted molar refractivity (Wildman–Crippen MR) is 106 cm³/mol. The molecule has 0 spiro atoms. The van der Waals surface area contributed by atoms with E-state index in [2.05, 4.69) is 0 Å². The number of rotatable bonds is 7. The number of imide groups is 1. The predicted octanol–water partition coefficient (Wildman–Crippen LogP) is 3.52. The Kier molecular flexibility index (Phi) is 6.10. The van der Waals surface area contributed by atoms with Crippen LogP contribution in [0.15, 0.2) is 47.4 Å². The molecular weight excluding hydrogens is 382 g/mol. The van der Waals surface area contributed by atoms with E-state index >= 15 is 0 Å². The topological polar surface area (TPSA) is 85.3 Å². The monoisotopic (exact) mass is 401 g/mol. The number of ether oxygens (including phenoxy) is 3. The third-order valence-corrected chi connectivity index (χ3v) is 4.91. The molecule has 28 heavy (non-hydrogen) atoms. The highest BCUT2D eigenvalue weighted by Crippen LogP contribution is 2.39. The molecule has 0 saturated carbocycles. The van der Waals surface area contributed by atoms with E-state index in [4.69, 9.17) is 14.2 Å². The van der Waals surface area contributed by atoms with Crippen molar-refractivity contribution in [2.45, 2.75) is 0 Å². The van der Waals surface area contributed by atoms with Crippen LogP contribution in [0.25, 0.3) is 6.08 Å². The molecule has 2 amide bonds. The van der Waals surface area contributed by atoms with Crippen molar-refractivity contribution in [2.75, 3.05) is 27.4 Å². The number of para-hydroxylation sites is 1. The Morgan fingerprint density at radius 3 is 2.32 bits per heavy atom. The van der Waals surface area contributed by atoms with Gasteiger partial charge in [0.25, 0.3) is 11.1 Å². The van der Waals surface area contributed by atoms with E-state index in [1.54, 1.807) is 30.3 Å². The number of methoxy groups -OCH3 is 2. The van der Waals surface area contributed by atoms with Crippen molar-refractivity contribution >= 4 is 29.0 Å². The third-order valence-electron chi connectivity index (χ3n) is 4.00. The van der Waals surface area contributed by atoms with Crippen molar-refractivity contribution < 1.29 is 28.9 Å². The first-order valence-corrected chi connectivity index (χ1v) is 9.23. The summed E-state index contributed by atoms with van der Waals surface area (Å²) in [5.74, 6) is 0.571. The summed E-state index contributed by atoms with van der Waals surface area (Å²) in [7, 11) is 2.83. The lowest BCUT2D eigenvalue weighted by atomic mass is 10.1. The van der Waals surface area contributed by atoms with Crippen LogP contribution in [0.1, 0.15) is 5.56 Å². The number of amides is 2. The molecule has 0 atom stereocenters. The van der Waals surface area contributed by atoms with Crippen LogP contribution in [0.2, 0.25) is 0 Å². The maximum Gasteiger partial charge on any atom is 0.293 e. The molecule has 1 N–H and O–H groups in total. The standard InChI is InChI=1S/C20H19NO6S/c1-25-15-10-13(11-16(26-2)18(15)22)12-17-19(23)21(20(24)28-17)8-9-27-14-6-4-3-5-7-14/h3-7,10-12,22H,8-9H2,1-2H3. The van der Waals surface area contributed by atoms with Gasteiger partial charge in [-0.1, -0.05) is 18.2 Å². The molecule has 1 fully saturated rings. The van der Waals surface area contributed by atoms with Crippen LogP contribution in [-0.2, 0) is 4.79 Å². The van der Waals surface area contributed by atoms with Gasteiger partial charge in [0.1, 0.15) is 12.4 Å². The van der Waals surface area contributed by atoms with Crippen molar-refractivity contribution in [3.05, 3.63) is 52.9 Å². The minimum absolute atomic E-state index is 0.131. The Hall–Kier alpha value is -3.13. The molecule has 2 aromatic rings. The van der Waals surface area contributed by atoms with Crippen LogP contribution in [0, 0.1) is 0 Å². The number of hydrogen-bond donors (Lipinski definition) is 1. The van der Waals surface area contributed by atoms with E-state index in [9.17, 15) is 14.7 Å². The highest BCUT2D eigenvalue weighted by molar-refractivity contribution is 8.18. The first-order valence-electron chi connectivity index (χ1n) is 8.41. The number of carbonyl (C=O) groups is 2. The third kappa shape index (κ3) is 4.23. The lowest BCUT2D eigenvalue weighted by molar-refractivity contribution is -0.123. The van der Waals surface area contributed by atoms with E-state index in [1.807, 2.05) is 18.2 Å². The summed E-state index contributed by atoms with van der Waals surface area (Å²) in [6.45, 7) is 0.356. The highest BCUT2D eigenvalue weighted by atomic mass is 32.2. The molecule has 1 saturated heterocycles. The molecule has 2 aromatic carbocycles. The number of benzene rings is 2. The second-order valence-corrected chi connectivity index (χ2v) is 6.76. The first kappa shape index (κ1) is 19.6. The van der Waals surface area contributed by atoms with Gasteiger partial charge in [0.15, 0.2) is 11.5 Å². The molecule has 0 aromatic heterocycles. The number of hydrogen-bond acceptors (Lipinski definition) is 7. The second kappa shape index (κ2) is 8.71. The number of nitrogens with zero attached hydrogens (tertiary/aromatic N) is 1. The summed E-state index contributed by atoms with van der Waals surface area (Å²) in [6.07, 6.45) is 1.56. The van der Waals surface area contributed by atoms with Crippen LogP contribution in [0.5, 0.6) is 23.0 Å². The van der Waals surface area contributed by atoms with E-state index in [1.165, 1.54) is 14.2 Å². The lowest BCUT2D eigenvalue weighted by Crippen LogP contribution is -2.32. The van der Waals surface area contributed by atoms with Crippen LogP contribution in [0.3, 0.4) is 0 Å². The molecule has 1 heterocycles. The zero-order valence-corrected chi connectivity index (χ0v) is 16.2. The number of thioether (sulfide) groups is 1. The van der Waals surface area contributed by atoms with Gasteiger partial charge in [-0.25, -0.2) is 0 Å². The van der Waals surface area contributed by atoms with Gasteiger partial charge in [-0.3, -0.25) is 14.5 Å². The van der Waals surface area contributed by atoms with Gasteiger partial charge in [0, 0.05) is 0 Å².